The van der Waals surface area contributed by atoms with E-state index in [9.17, 15) is 4.79 Å². The van der Waals surface area contributed by atoms with Crippen LogP contribution in [0.3, 0.4) is 0 Å². The Morgan fingerprint density at radius 3 is 2.84 bits per heavy atom. The van der Waals surface area contributed by atoms with E-state index in [2.05, 4.69) is 15.6 Å². The lowest BCUT2D eigenvalue weighted by Crippen LogP contribution is -2.22. The van der Waals surface area contributed by atoms with Crippen molar-refractivity contribution in [2.45, 2.75) is 13.0 Å². The Bertz CT molecular complexity index is 706. The first kappa shape index (κ1) is 18.5. The van der Waals surface area contributed by atoms with Crippen LogP contribution in [0.1, 0.15) is 11.3 Å². The van der Waals surface area contributed by atoms with Crippen molar-refractivity contribution in [2.24, 2.45) is 0 Å². The fourth-order valence-electron chi connectivity index (χ4n) is 2.30. The summed E-state index contributed by atoms with van der Waals surface area (Å²) in [5.74, 6) is 1.29. The summed E-state index contributed by atoms with van der Waals surface area (Å²) in [5, 5.41) is 14.5. The Kier molecular flexibility index (Phi) is 7.03. The first-order chi connectivity index (χ1) is 12.1. The van der Waals surface area contributed by atoms with Gasteiger partial charge in [0.1, 0.15) is 17.3 Å². The van der Waals surface area contributed by atoms with E-state index in [0.717, 1.165) is 17.1 Å². The number of methoxy groups -OCH3 is 1. The van der Waals surface area contributed by atoms with Crippen LogP contribution in [-0.4, -0.2) is 43.4 Å². The van der Waals surface area contributed by atoms with E-state index in [-0.39, 0.29) is 6.54 Å². The van der Waals surface area contributed by atoms with Crippen LogP contribution >= 0.6 is 0 Å². The highest BCUT2D eigenvalue weighted by atomic mass is 16.5. The van der Waals surface area contributed by atoms with Crippen LogP contribution in [0.15, 0.2) is 36.4 Å². The molecule has 0 atom stereocenters. The second-order valence-corrected chi connectivity index (χ2v) is 5.33. The second-order valence-electron chi connectivity index (χ2n) is 5.33. The van der Waals surface area contributed by atoms with Crippen LogP contribution < -0.4 is 20.1 Å². The minimum Gasteiger partial charge on any atom is -0.496 e. The standard InChI is InChI=1S/C18H23N3O4/c1-19-17-5-3-4-14(21-17)8-9-25-15-7-6-13(16(10-15)24-2)11-20-12-18(22)23/h3-7,10,20H,8-9,11-12H2,1-2H3,(H,19,21)(H,22,23). The maximum absolute atomic E-state index is 10.6. The molecular weight excluding hydrogens is 322 g/mol. The minimum absolute atomic E-state index is 0.0971. The van der Waals surface area contributed by atoms with Crippen LogP contribution in [0.4, 0.5) is 5.82 Å². The lowest BCUT2D eigenvalue weighted by atomic mass is 10.2. The quantitative estimate of drug-likeness (QED) is 0.606. The molecule has 25 heavy (non-hydrogen) atoms. The number of nitrogens with one attached hydrogen (secondary N) is 2. The number of aliphatic carboxylic acids is 1. The topological polar surface area (TPSA) is 92.7 Å². The molecular formula is C18H23N3O4. The predicted molar refractivity (Wildman–Crippen MR) is 95.3 cm³/mol. The number of carboxylic acids is 1. The van der Waals surface area contributed by atoms with Gasteiger partial charge in [-0.15, -0.1) is 0 Å². The Morgan fingerprint density at radius 2 is 2.12 bits per heavy atom. The van der Waals surface area contributed by atoms with Gasteiger partial charge in [0.25, 0.3) is 0 Å². The molecule has 0 amide bonds. The number of anilines is 1. The number of ether oxygens (including phenoxy) is 2. The number of aromatic nitrogens is 1. The lowest BCUT2D eigenvalue weighted by Gasteiger charge is -2.12. The zero-order valence-corrected chi connectivity index (χ0v) is 14.4. The molecule has 0 spiro atoms. The summed E-state index contributed by atoms with van der Waals surface area (Å²) < 4.78 is 11.1. The molecule has 0 aliphatic rings. The highest BCUT2D eigenvalue weighted by Crippen LogP contribution is 2.24. The number of pyridine rings is 1. The van der Waals surface area contributed by atoms with Gasteiger partial charge in [-0.2, -0.15) is 0 Å². The van der Waals surface area contributed by atoms with Gasteiger partial charge in [0, 0.05) is 37.3 Å². The molecule has 1 aromatic heterocycles. The molecule has 0 aliphatic carbocycles. The first-order valence-corrected chi connectivity index (χ1v) is 7.98. The van der Waals surface area contributed by atoms with Crippen LogP contribution in [-0.2, 0) is 17.8 Å². The fraction of sp³-hybridized carbons (Fsp3) is 0.333. The number of carbonyl (C=O) groups is 1. The summed E-state index contributed by atoms with van der Waals surface area (Å²) in [5.41, 5.74) is 1.83. The number of rotatable bonds is 10. The summed E-state index contributed by atoms with van der Waals surface area (Å²) in [6, 6.07) is 11.3. The van der Waals surface area contributed by atoms with Gasteiger partial charge < -0.3 is 25.2 Å². The summed E-state index contributed by atoms with van der Waals surface area (Å²) in [7, 11) is 3.41. The predicted octanol–water partition coefficient (Wildman–Crippen LogP) is 1.93. The Hall–Kier alpha value is -2.80. The number of carboxylic acid groups (broad SMARTS) is 1. The summed E-state index contributed by atoms with van der Waals surface area (Å²) in [4.78, 5) is 15.0. The van der Waals surface area contributed by atoms with E-state index in [4.69, 9.17) is 14.6 Å². The molecule has 2 aromatic rings. The van der Waals surface area contributed by atoms with E-state index >= 15 is 0 Å². The normalized spacial score (nSPS) is 10.3. The summed E-state index contributed by atoms with van der Waals surface area (Å²) in [6.07, 6.45) is 0.694. The van der Waals surface area contributed by atoms with Gasteiger partial charge in [-0.05, 0) is 18.2 Å². The molecule has 134 valence electrons. The first-order valence-electron chi connectivity index (χ1n) is 7.98. The lowest BCUT2D eigenvalue weighted by molar-refractivity contribution is -0.136. The molecule has 0 saturated heterocycles. The molecule has 3 N–H and O–H groups in total. The highest BCUT2D eigenvalue weighted by molar-refractivity contribution is 5.69. The van der Waals surface area contributed by atoms with Gasteiger partial charge in [-0.1, -0.05) is 12.1 Å². The zero-order chi connectivity index (χ0) is 18.1. The van der Waals surface area contributed by atoms with Crippen LogP contribution in [0.2, 0.25) is 0 Å². The van der Waals surface area contributed by atoms with E-state index in [1.807, 2.05) is 37.4 Å². The third-order valence-electron chi connectivity index (χ3n) is 3.54. The molecule has 1 heterocycles. The largest absolute Gasteiger partial charge is 0.496 e. The smallest absolute Gasteiger partial charge is 0.317 e. The third-order valence-corrected chi connectivity index (χ3v) is 3.54. The van der Waals surface area contributed by atoms with Crippen LogP contribution in [0, 0.1) is 0 Å². The molecule has 0 radical (unpaired) electrons. The van der Waals surface area contributed by atoms with Gasteiger partial charge in [0.05, 0.1) is 20.3 Å². The van der Waals surface area contributed by atoms with Gasteiger partial charge in [0.15, 0.2) is 0 Å². The number of benzene rings is 1. The number of hydrogen-bond acceptors (Lipinski definition) is 6. The van der Waals surface area contributed by atoms with Crippen molar-refractivity contribution in [3.05, 3.63) is 47.7 Å². The molecule has 7 nitrogen and oxygen atoms in total. The van der Waals surface area contributed by atoms with Gasteiger partial charge in [-0.25, -0.2) is 4.98 Å². The van der Waals surface area contributed by atoms with Gasteiger partial charge in [-0.3, -0.25) is 4.79 Å². The monoisotopic (exact) mass is 345 g/mol. The number of hydrogen-bond donors (Lipinski definition) is 3. The van der Waals surface area contributed by atoms with Crippen molar-refractivity contribution in [1.29, 1.82) is 0 Å². The SMILES string of the molecule is CNc1cccc(CCOc2ccc(CNCC(=O)O)c(OC)c2)n1. The summed E-state index contributed by atoms with van der Waals surface area (Å²) >= 11 is 0. The molecule has 0 saturated carbocycles. The molecule has 0 bridgehead atoms. The molecule has 7 heteroatoms. The second kappa shape index (κ2) is 9.48. The van der Waals surface area contributed by atoms with Crippen LogP contribution in [0.25, 0.3) is 0 Å². The minimum atomic E-state index is -0.894. The molecule has 1 aromatic carbocycles. The maximum atomic E-state index is 10.6. The van der Waals surface area contributed by atoms with Crippen molar-refractivity contribution in [3.8, 4) is 11.5 Å². The molecule has 0 fully saturated rings. The average molecular weight is 345 g/mol. The van der Waals surface area contributed by atoms with Gasteiger partial charge in [0.2, 0.25) is 0 Å². The van der Waals surface area contributed by atoms with Crippen molar-refractivity contribution >= 4 is 11.8 Å². The van der Waals surface area contributed by atoms with Crippen molar-refractivity contribution in [1.82, 2.24) is 10.3 Å². The van der Waals surface area contributed by atoms with Gasteiger partial charge >= 0.3 is 5.97 Å². The highest BCUT2D eigenvalue weighted by Gasteiger charge is 2.06. The van der Waals surface area contributed by atoms with E-state index < -0.39 is 5.97 Å². The Balaban J connectivity index is 1.90. The molecule has 0 unspecified atom stereocenters. The van der Waals surface area contributed by atoms with Crippen molar-refractivity contribution in [3.63, 3.8) is 0 Å². The molecule has 2 rings (SSSR count). The van der Waals surface area contributed by atoms with Crippen molar-refractivity contribution in [2.75, 3.05) is 32.6 Å². The Morgan fingerprint density at radius 1 is 1.28 bits per heavy atom. The number of nitrogens with zero attached hydrogens (tertiary/aromatic N) is 1. The fourth-order valence-corrected chi connectivity index (χ4v) is 2.30. The summed E-state index contributed by atoms with van der Waals surface area (Å²) in [6.45, 7) is 0.816. The maximum Gasteiger partial charge on any atom is 0.317 e. The zero-order valence-electron chi connectivity index (χ0n) is 14.4. The van der Waals surface area contributed by atoms with E-state index in [1.165, 1.54) is 0 Å². The van der Waals surface area contributed by atoms with E-state index in [0.29, 0.717) is 31.1 Å². The molecule has 0 aliphatic heterocycles. The average Bonchev–Trinajstić information content (AvgIpc) is 2.62. The van der Waals surface area contributed by atoms with Crippen LogP contribution in [0.5, 0.6) is 11.5 Å². The van der Waals surface area contributed by atoms with E-state index in [1.54, 1.807) is 13.2 Å². The van der Waals surface area contributed by atoms with Crippen molar-refractivity contribution < 1.29 is 19.4 Å². The Labute approximate surface area is 147 Å². The third kappa shape index (κ3) is 5.96.